The molecule has 3 N–H and O–H groups in total. The van der Waals surface area contributed by atoms with Gasteiger partial charge in [0, 0.05) is 42.1 Å². The monoisotopic (exact) mass is 557 g/mol. The molecule has 0 saturated carbocycles. The second-order valence-electron chi connectivity index (χ2n) is 10.0. The summed E-state index contributed by atoms with van der Waals surface area (Å²) >= 11 is 0. The van der Waals surface area contributed by atoms with E-state index in [0.29, 0.717) is 34.7 Å². The van der Waals surface area contributed by atoms with Gasteiger partial charge in [0.05, 0.1) is 11.7 Å². The highest BCUT2D eigenvalue weighted by Gasteiger charge is 2.18. The standard InChI is InChI=1S/C30H29F2N7O2/c1-17(2)39-18(3)34-28-24(31)13-21(14-26(28)39)27-25(32)15-33-30(36-27)35-22-9-11-23(12-10-22)38(4)16-19-5-7-20(8-6-19)29(40)37-41/h5-15,17,41H,16H2,1-4H3,(H,37,40)(H,33,35,36). The van der Waals surface area contributed by atoms with Crippen molar-refractivity contribution in [2.75, 3.05) is 17.3 Å². The van der Waals surface area contributed by atoms with Crippen LogP contribution in [0.2, 0.25) is 0 Å². The van der Waals surface area contributed by atoms with Crippen molar-refractivity contribution in [1.29, 1.82) is 0 Å². The Bertz CT molecular complexity index is 1720. The number of aryl methyl sites for hydroxylation is 1. The zero-order valence-electron chi connectivity index (χ0n) is 23.0. The zero-order chi connectivity index (χ0) is 29.3. The fourth-order valence-electron chi connectivity index (χ4n) is 4.81. The number of rotatable bonds is 8. The largest absolute Gasteiger partial charge is 0.370 e. The predicted molar refractivity (Wildman–Crippen MR) is 153 cm³/mol. The third-order valence-corrected chi connectivity index (χ3v) is 6.76. The van der Waals surface area contributed by atoms with E-state index in [1.807, 2.05) is 73.7 Å². The summed E-state index contributed by atoms with van der Waals surface area (Å²) in [5.74, 6) is -0.922. The first-order chi connectivity index (χ1) is 19.6. The third-order valence-electron chi connectivity index (χ3n) is 6.76. The molecule has 2 heterocycles. The Morgan fingerprint density at radius 2 is 1.73 bits per heavy atom. The van der Waals surface area contributed by atoms with Gasteiger partial charge in [-0.3, -0.25) is 10.0 Å². The minimum Gasteiger partial charge on any atom is -0.370 e. The summed E-state index contributed by atoms with van der Waals surface area (Å²) in [5, 5.41) is 11.9. The van der Waals surface area contributed by atoms with Crippen LogP contribution in [0.3, 0.4) is 0 Å². The maximum atomic E-state index is 15.0. The maximum absolute atomic E-state index is 15.0. The second-order valence-corrected chi connectivity index (χ2v) is 10.0. The third kappa shape index (κ3) is 5.71. The highest BCUT2D eigenvalue weighted by atomic mass is 19.1. The normalized spacial score (nSPS) is 11.2. The molecule has 9 nitrogen and oxygen atoms in total. The highest BCUT2D eigenvalue weighted by Crippen LogP contribution is 2.30. The van der Waals surface area contributed by atoms with E-state index in [0.717, 1.165) is 17.4 Å². The molecule has 0 saturated heterocycles. The van der Waals surface area contributed by atoms with Gasteiger partial charge in [-0.05, 0) is 74.9 Å². The number of hydroxylamine groups is 1. The molecular weight excluding hydrogens is 528 g/mol. The Morgan fingerprint density at radius 3 is 2.39 bits per heavy atom. The number of nitrogens with zero attached hydrogens (tertiary/aromatic N) is 5. The number of amides is 1. The van der Waals surface area contributed by atoms with Crippen LogP contribution in [0.5, 0.6) is 0 Å². The number of hydrogen-bond donors (Lipinski definition) is 3. The SMILES string of the molecule is Cc1nc2c(F)cc(-c3nc(Nc4ccc(N(C)Cc5ccc(C(=O)NO)cc5)cc4)ncc3F)cc2n1C(C)C. The van der Waals surface area contributed by atoms with Crippen molar-refractivity contribution in [1.82, 2.24) is 25.0 Å². The van der Waals surface area contributed by atoms with E-state index in [2.05, 4.69) is 20.3 Å². The Labute approximate surface area is 235 Å². The van der Waals surface area contributed by atoms with Crippen molar-refractivity contribution < 1.29 is 18.8 Å². The number of fused-ring (bicyclic) bond motifs is 1. The quantitative estimate of drug-likeness (QED) is 0.155. The molecule has 11 heteroatoms. The molecular formula is C30H29F2N7O2. The number of halogens is 2. The van der Waals surface area contributed by atoms with Crippen molar-refractivity contribution >= 4 is 34.3 Å². The average molecular weight is 558 g/mol. The Morgan fingerprint density at radius 1 is 1.02 bits per heavy atom. The molecule has 1 amide bonds. The van der Waals surface area contributed by atoms with Crippen LogP contribution >= 0.6 is 0 Å². The minimum atomic E-state index is -0.663. The first-order valence-electron chi connectivity index (χ1n) is 13.0. The van der Waals surface area contributed by atoms with E-state index in [-0.39, 0.29) is 23.2 Å². The van der Waals surface area contributed by atoms with Gasteiger partial charge in [-0.1, -0.05) is 12.1 Å². The number of benzene rings is 3. The van der Waals surface area contributed by atoms with Gasteiger partial charge in [-0.25, -0.2) is 29.2 Å². The lowest BCUT2D eigenvalue weighted by Gasteiger charge is -2.20. The van der Waals surface area contributed by atoms with Crippen molar-refractivity contribution in [3.63, 3.8) is 0 Å². The van der Waals surface area contributed by atoms with Crippen molar-refractivity contribution in [2.24, 2.45) is 0 Å². The van der Waals surface area contributed by atoms with Gasteiger partial charge in [0.1, 0.15) is 17.0 Å². The number of carbonyl (C=O) groups is 1. The number of carbonyl (C=O) groups excluding carboxylic acids is 1. The van der Waals surface area contributed by atoms with Crippen LogP contribution in [-0.2, 0) is 6.54 Å². The predicted octanol–water partition coefficient (Wildman–Crippen LogP) is 6.16. The molecule has 5 aromatic rings. The van der Waals surface area contributed by atoms with E-state index in [4.69, 9.17) is 5.21 Å². The lowest BCUT2D eigenvalue weighted by Crippen LogP contribution is -2.19. The topological polar surface area (TPSA) is 108 Å². The van der Waals surface area contributed by atoms with E-state index >= 15 is 0 Å². The van der Waals surface area contributed by atoms with Crippen molar-refractivity contribution in [3.05, 3.63) is 95.4 Å². The number of nitrogens with one attached hydrogen (secondary N) is 2. The number of hydrogen-bond acceptors (Lipinski definition) is 7. The van der Waals surface area contributed by atoms with Crippen LogP contribution in [-0.4, -0.2) is 37.7 Å². The maximum Gasteiger partial charge on any atom is 0.274 e. The molecule has 0 aliphatic carbocycles. The van der Waals surface area contributed by atoms with Gasteiger partial charge >= 0.3 is 0 Å². The van der Waals surface area contributed by atoms with Crippen molar-refractivity contribution in [3.8, 4) is 11.3 Å². The second kappa shape index (κ2) is 11.3. The molecule has 0 aliphatic heterocycles. The molecule has 0 fully saturated rings. The van der Waals surface area contributed by atoms with E-state index in [9.17, 15) is 13.6 Å². The summed E-state index contributed by atoms with van der Waals surface area (Å²) in [6, 6.07) is 17.5. The van der Waals surface area contributed by atoms with Crippen LogP contribution in [0.1, 0.15) is 41.6 Å². The summed E-state index contributed by atoms with van der Waals surface area (Å²) in [6.07, 6.45) is 1.06. The highest BCUT2D eigenvalue weighted by molar-refractivity contribution is 5.93. The fraction of sp³-hybridized carbons (Fsp3) is 0.200. The summed E-state index contributed by atoms with van der Waals surface area (Å²) in [5.41, 5.74) is 5.69. The van der Waals surface area contributed by atoms with Gasteiger partial charge in [0.2, 0.25) is 5.95 Å². The fourth-order valence-corrected chi connectivity index (χ4v) is 4.81. The summed E-state index contributed by atoms with van der Waals surface area (Å²) in [4.78, 5) is 26.3. The summed E-state index contributed by atoms with van der Waals surface area (Å²) in [7, 11) is 1.94. The Hall–Kier alpha value is -4.90. The zero-order valence-corrected chi connectivity index (χ0v) is 23.0. The van der Waals surface area contributed by atoms with E-state index in [1.54, 1.807) is 23.7 Å². The molecule has 0 spiro atoms. The number of aromatic nitrogens is 4. The molecule has 0 bridgehead atoms. The number of imidazole rings is 1. The van der Waals surface area contributed by atoms with Gasteiger partial charge in [-0.15, -0.1) is 0 Å². The van der Waals surface area contributed by atoms with E-state index in [1.165, 1.54) is 6.07 Å². The average Bonchev–Trinajstić information content (AvgIpc) is 3.31. The van der Waals surface area contributed by atoms with Gasteiger partial charge in [0.25, 0.3) is 5.91 Å². The van der Waals surface area contributed by atoms with Gasteiger partial charge in [0.15, 0.2) is 11.6 Å². The molecule has 41 heavy (non-hydrogen) atoms. The molecule has 0 aliphatic rings. The van der Waals surface area contributed by atoms with Crippen LogP contribution < -0.4 is 15.7 Å². The molecule has 5 rings (SSSR count). The molecule has 2 aromatic heterocycles. The summed E-state index contributed by atoms with van der Waals surface area (Å²) < 4.78 is 31.7. The Kier molecular flexibility index (Phi) is 7.62. The smallest absolute Gasteiger partial charge is 0.274 e. The molecule has 0 radical (unpaired) electrons. The first kappa shape index (κ1) is 27.7. The lowest BCUT2D eigenvalue weighted by molar-refractivity contribution is 0.0706. The first-order valence-corrected chi connectivity index (χ1v) is 13.0. The Balaban J connectivity index is 1.33. The van der Waals surface area contributed by atoms with Crippen LogP contribution in [0.4, 0.5) is 26.1 Å². The minimum absolute atomic E-state index is 0.0173. The molecule has 3 aromatic carbocycles. The van der Waals surface area contributed by atoms with Crippen molar-refractivity contribution in [2.45, 2.75) is 33.4 Å². The molecule has 210 valence electrons. The molecule has 0 atom stereocenters. The van der Waals surface area contributed by atoms with Crippen LogP contribution in [0.25, 0.3) is 22.3 Å². The van der Waals surface area contributed by atoms with Gasteiger partial charge < -0.3 is 14.8 Å². The van der Waals surface area contributed by atoms with Crippen LogP contribution in [0, 0.1) is 18.6 Å². The van der Waals surface area contributed by atoms with Gasteiger partial charge in [-0.2, -0.15) is 0 Å². The van der Waals surface area contributed by atoms with E-state index < -0.39 is 17.5 Å². The molecule has 0 unspecified atom stereocenters. The lowest BCUT2D eigenvalue weighted by atomic mass is 10.1. The summed E-state index contributed by atoms with van der Waals surface area (Å²) in [6.45, 7) is 6.36. The van der Waals surface area contributed by atoms with Crippen LogP contribution in [0.15, 0.2) is 66.9 Å². The number of anilines is 3.